The third-order valence-corrected chi connectivity index (χ3v) is 6.29. The highest BCUT2D eigenvalue weighted by molar-refractivity contribution is 6.04. The zero-order chi connectivity index (χ0) is 27.8. The van der Waals surface area contributed by atoms with Crippen LogP contribution < -0.4 is 30.8 Å². The molecule has 1 aliphatic heterocycles. The zero-order valence-corrected chi connectivity index (χ0v) is 21.1. The number of hydrogen-bond donors (Lipinski definition) is 1. The summed E-state index contributed by atoms with van der Waals surface area (Å²) in [6.45, 7) is 0.876. The fraction of sp³-hybridized carbons (Fsp3) is 0.103. The van der Waals surface area contributed by atoms with Crippen molar-refractivity contribution in [1.29, 1.82) is 0 Å². The number of aryl methyl sites for hydroxylation is 1. The molecule has 3 heterocycles. The number of ether oxygens (including phenoxy) is 3. The number of carbonyl (C=O) groups is 1. The van der Waals surface area contributed by atoms with E-state index in [2.05, 4.69) is 10.3 Å². The fourth-order valence-electron chi connectivity index (χ4n) is 4.38. The molecule has 0 unspecified atom stereocenters. The zero-order valence-electron chi connectivity index (χ0n) is 21.1. The summed E-state index contributed by atoms with van der Waals surface area (Å²) in [6.07, 6.45) is 2.80. The van der Waals surface area contributed by atoms with Gasteiger partial charge in [-0.25, -0.2) is 13.8 Å². The van der Waals surface area contributed by atoms with Gasteiger partial charge >= 0.3 is 5.69 Å². The average Bonchev–Trinajstić information content (AvgIpc) is 2.97. The minimum atomic E-state index is -0.828. The molecule has 5 aromatic rings. The number of fused-ring (bicyclic) bond motifs is 3. The van der Waals surface area contributed by atoms with Crippen LogP contribution in [0.15, 0.2) is 88.7 Å². The van der Waals surface area contributed by atoms with Crippen molar-refractivity contribution in [3.05, 3.63) is 111 Å². The van der Waals surface area contributed by atoms with Crippen LogP contribution in [0.2, 0.25) is 0 Å². The molecule has 2 aromatic heterocycles. The van der Waals surface area contributed by atoms with E-state index in [0.717, 1.165) is 21.3 Å². The number of rotatable bonds is 5. The highest BCUT2D eigenvalue weighted by Crippen LogP contribution is 2.42. The van der Waals surface area contributed by atoms with Crippen LogP contribution in [0.25, 0.3) is 16.6 Å². The van der Waals surface area contributed by atoms with E-state index in [9.17, 15) is 18.8 Å². The number of pyridine rings is 1. The number of benzene rings is 3. The number of nitrogens with one attached hydrogen (secondary N) is 1. The van der Waals surface area contributed by atoms with Gasteiger partial charge in [0.2, 0.25) is 0 Å². The Bertz CT molecular complexity index is 1880. The second kappa shape index (κ2) is 10.0. The summed E-state index contributed by atoms with van der Waals surface area (Å²) in [5.41, 5.74) is -0.531. The number of aromatic nitrogens is 3. The summed E-state index contributed by atoms with van der Waals surface area (Å²) in [4.78, 5) is 43.1. The SMILES string of the molecule is Cn1cc(C(=O)Nc2ccc(Oc3ccnc4ccc5c(c34)OCCO5)cc2)c(=O)n(-c2ccc(F)cc2)c1=O. The molecule has 10 nitrogen and oxygen atoms in total. The Morgan fingerprint density at radius 2 is 1.73 bits per heavy atom. The van der Waals surface area contributed by atoms with Crippen molar-refractivity contribution in [3.63, 3.8) is 0 Å². The third kappa shape index (κ3) is 4.53. The van der Waals surface area contributed by atoms with Gasteiger partial charge in [-0.05, 0) is 66.7 Å². The largest absolute Gasteiger partial charge is 0.486 e. The van der Waals surface area contributed by atoms with Crippen molar-refractivity contribution >= 4 is 22.5 Å². The van der Waals surface area contributed by atoms with Gasteiger partial charge in [-0.15, -0.1) is 0 Å². The lowest BCUT2D eigenvalue weighted by atomic mass is 10.1. The van der Waals surface area contributed by atoms with Crippen LogP contribution in [-0.4, -0.2) is 33.2 Å². The lowest BCUT2D eigenvalue weighted by Gasteiger charge is -2.21. The highest BCUT2D eigenvalue weighted by atomic mass is 19.1. The number of amides is 1. The second-order valence-corrected chi connectivity index (χ2v) is 8.93. The second-order valence-electron chi connectivity index (χ2n) is 8.93. The quantitative estimate of drug-likeness (QED) is 0.358. The molecule has 3 aromatic carbocycles. The van der Waals surface area contributed by atoms with Gasteiger partial charge in [-0.1, -0.05) is 0 Å². The third-order valence-electron chi connectivity index (χ3n) is 6.29. The van der Waals surface area contributed by atoms with Gasteiger partial charge in [0.1, 0.15) is 36.1 Å². The molecule has 0 saturated carbocycles. The summed E-state index contributed by atoms with van der Waals surface area (Å²) in [5.74, 6) is 0.963. The van der Waals surface area contributed by atoms with Crippen LogP contribution in [0.1, 0.15) is 10.4 Å². The van der Waals surface area contributed by atoms with Crippen LogP contribution in [0.4, 0.5) is 10.1 Å². The monoisotopic (exact) mass is 540 g/mol. The van der Waals surface area contributed by atoms with Gasteiger partial charge in [-0.3, -0.25) is 14.6 Å². The molecule has 1 N–H and O–H groups in total. The molecule has 200 valence electrons. The van der Waals surface area contributed by atoms with E-state index in [0.29, 0.717) is 52.8 Å². The Kier molecular flexibility index (Phi) is 6.23. The summed E-state index contributed by atoms with van der Waals surface area (Å²) in [5, 5.41) is 3.35. The van der Waals surface area contributed by atoms with Crippen molar-refractivity contribution in [3.8, 4) is 28.7 Å². The Labute approximate surface area is 225 Å². The van der Waals surface area contributed by atoms with Crippen LogP contribution in [0.5, 0.6) is 23.0 Å². The van der Waals surface area contributed by atoms with Gasteiger partial charge in [0.15, 0.2) is 11.5 Å². The summed E-state index contributed by atoms with van der Waals surface area (Å²) in [7, 11) is 1.42. The lowest BCUT2D eigenvalue weighted by Crippen LogP contribution is -2.41. The maximum absolute atomic E-state index is 13.4. The van der Waals surface area contributed by atoms with Gasteiger partial charge in [0.25, 0.3) is 11.5 Å². The van der Waals surface area contributed by atoms with E-state index >= 15 is 0 Å². The van der Waals surface area contributed by atoms with Crippen LogP contribution >= 0.6 is 0 Å². The molecule has 0 radical (unpaired) electrons. The van der Waals surface area contributed by atoms with Crippen molar-refractivity contribution in [1.82, 2.24) is 14.1 Å². The standard InChI is InChI=1S/C29H21FN4O6/c1-33-16-21(28(36)34(29(33)37)19-6-2-17(30)3-7-19)27(35)32-18-4-8-20(9-5-18)40-23-12-13-31-22-10-11-24-26(25(22)23)39-15-14-38-24/h2-13,16H,14-15H2,1H3,(H,32,35). The molecule has 11 heteroatoms. The molecule has 0 saturated heterocycles. The fourth-order valence-corrected chi connectivity index (χ4v) is 4.38. The van der Waals surface area contributed by atoms with E-state index in [-0.39, 0.29) is 11.3 Å². The summed E-state index contributed by atoms with van der Waals surface area (Å²) in [6, 6.07) is 16.8. The molecular weight excluding hydrogens is 519 g/mol. The van der Waals surface area contributed by atoms with E-state index in [1.165, 1.54) is 25.4 Å². The Morgan fingerprint density at radius 3 is 2.50 bits per heavy atom. The van der Waals surface area contributed by atoms with Crippen molar-refractivity contribution < 1.29 is 23.4 Å². The topological polar surface area (TPSA) is 114 Å². The van der Waals surface area contributed by atoms with E-state index < -0.39 is 23.0 Å². The molecule has 0 spiro atoms. The van der Waals surface area contributed by atoms with E-state index in [1.54, 1.807) is 36.5 Å². The smallest absolute Gasteiger partial charge is 0.335 e. The molecule has 0 fully saturated rings. The number of nitrogens with zero attached hydrogens (tertiary/aromatic N) is 3. The normalized spacial score (nSPS) is 12.2. The minimum absolute atomic E-state index is 0.144. The van der Waals surface area contributed by atoms with Gasteiger partial charge in [0.05, 0.1) is 16.6 Å². The number of anilines is 1. The van der Waals surface area contributed by atoms with Crippen molar-refractivity contribution in [2.24, 2.45) is 7.05 Å². The first kappa shape index (κ1) is 24.9. The first-order valence-corrected chi connectivity index (χ1v) is 12.2. The van der Waals surface area contributed by atoms with Crippen LogP contribution in [0.3, 0.4) is 0 Å². The van der Waals surface area contributed by atoms with Crippen LogP contribution in [0, 0.1) is 5.82 Å². The molecule has 40 heavy (non-hydrogen) atoms. The highest BCUT2D eigenvalue weighted by Gasteiger charge is 2.20. The molecule has 0 atom stereocenters. The molecule has 0 bridgehead atoms. The van der Waals surface area contributed by atoms with Gasteiger partial charge in [-0.2, -0.15) is 0 Å². The average molecular weight is 541 g/mol. The lowest BCUT2D eigenvalue weighted by molar-refractivity contribution is 0.102. The van der Waals surface area contributed by atoms with E-state index in [4.69, 9.17) is 14.2 Å². The first-order valence-electron chi connectivity index (χ1n) is 12.2. The maximum atomic E-state index is 13.4. The molecule has 1 aliphatic rings. The number of hydrogen-bond acceptors (Lipinski definition) is 7. The Balaban J connectivity index is 1.25. The summed E-state index contributed by atoms with van der Waals surface area (Å²) >= 11 is 0. The first-order chi connectivity index (χ1) is 19.4. The van der Waals surface area contributed by atoms with Crippen molar-refractivity contribution in [2.45, 2.75) is 0 Å². The van der Waals surface area contributed by atoms with E-state index in [1.807, 2.05) is 12.1 Å². The van der Waals surface area contributed by atoms with Gasteiger partial charge in [0, 0.05) is 25.1 Å². The Hall–Kier alpha value is -5.45. The molecular formula is C29H21FN4O6. The Morgan fingerprint density at radius 1 is 0.975 bits per heavy atom. The minimum Gasteiger partial charge on any atom is -0.486 e. The number of carbonyl (C=O) groups excluding carboxylic acids is 1. The predicted molar refractivity (Wildman–Crippen MR) is 144 cm³/mol. The predicted octanol–water partition coefficient (Wildman–Crippen LogP) is 4.04. The molecule has 1 amide bonds. The number of halogens is 1. The van der Waals surface area contributed by atoms with Crippen molar-refractivity contribution in [2.75, 3.05) is 18.5 Å². The van der Waals surface area contributed by atoms with Gasteiger partial charge < -0.3 is 24.1 Å². The molecule has 6 rings (SSSR count). The molecule has 0 aliphatic carbocycles. The maximum Gasteiger partial charge on any atom is 0.335 e. The van der Waals surface area contributed by atoms with Crippen LogP contribution in [-0.2, 0) is 7.05 Å². The summed E-state index contributed by atoms with van der Waals surface area (Å²) < 4.78 is 32.9.